The Morgan fingerprint density at radius 1 is 1.44 bits per heavy atom. The van der Waals surface area contributed by atoms with Crippen molar-refractivity contribution in [3.05, 3.63) is 19.8 Å². The van der Waals surface area contributed by atoms with Gasteiger partial charge in [-0.1, -0.05) is 44.7 Å². The monoisotopic (exact) mass is 342 g/mol. The zero-order valence-electron chi connectivity index (χ0n) is 9.60. The van der Waals surface area contributed by atoms with E-state index < -0.39 is 0 Å². The topological polar surface area (TPSA) is 0 Å². The molecule has 1 aromatic heterocycles. The number of halogens is 3. The molecule has 2 atom stereocenters. The van der Waals surface area contributed by atoms with E-state index in [4.69, 9.17) is 23.2 Å². The van der Waals surface area contributed by atoms with Crippen molar-refractivity contribution in [2.45, 2.75) is 44.9 Å². The molecule has 0 aliphatic rings. The minimum atomic E-state index is 0.102. The first-order valence-electron chi connectivity index (χ1n) is 5.68. The van der Waals surface area contributed by atoms with Gasteiger partial charge < -0.3 is 0 Å². The molecule has 16 heavy (non-hydrogen) atoms. The van der Waals surface area contributed by atoms with Crippen LogP contribution in [0.15, 0.2) is 9.85 Å². The first-order valence-corrected chi connectivity index (χ1v) is 8.11. The summed E-state index contributed by atoms with van der Waals surface area (Å²) in [5.74, 6) is 0.559. The molecule has 0 radical (unpaired) electrons. The predicted molar refractivity (Wildman–Crippen MR) is 78.9 cm³/mol. The molecule has 0 N–H and O–H groups in total. The van der Waals surface area contributed by atoms with Crippen molar-refractivity contribution in [2.75, 3.05) is 0 Å². The number of alkyl halides is 1. The van der Waals surface area contributed by atoms with E-state index >= 15 is 0 Å². The molecule has 0 aliphatic carbocycles. The Bertz CT molecular complexity index is 305. The maximum absolute atomic E-state index is 6.52. The third kappa shape index (κ3) is 3.90. The quantitative estimate of drug-likeness (QED) is 0.506. The van der Waals surface area contributed by atoms with Gasteiger partial charge in [-0.25, -0.2) is 0 Å². The van der Waals surface area contributed by atoms with Crippen LogP contribution in [0, 0.1) is 5.92 Å². The van der Waals surface area contributed by atoms with Crippen LogP contribution < -0.4 is 0 Å². The molecule has 92 valence electrons. The Morgan fingerprint density at radius 3 is 2.56 bits per heavy atom. The van der Waals surface area contributed by atoms with Crippen LogP contribution in [0.2, 0.25) is 5.02 Å². The molecule has 0 spiro atoms. The van der Waals surface area contributed by atoms with Crippen LogP contribution in [0.25, 0.3) is 0 Å². The van der Waals surface area contributed by atoms with Gasteiger partial charge in [-0.3, -0.25) is 0 Å². The number of unbranched alkanes of at least 4 members (excludes halogenated alkanes) is 1. The van der Waals surface area contributed by atoms with Gasteiger partial charge >= 0.3 is 0 Å². The van der Waals surface area contributed by atoms with E-state index in [1.54, 1.807) is 11.3 Å². The second-order valence-corrected chi connectivity index (χ2v) is 7.26. The van der Waals surface area contributed by atoms with Gasteiger partial charge in [0.2, 0.25) is 0 Å². The summed E-state index contributed by atoms with van der Waals surface area (Å²) in [7, 11) is 0. The van der Waals surface area contributed by atoms with Crippen molar-refractivity contribution < 1.29 is 0 Å². The summed E-state index contributed by atoms with van der Waals surface area (Å²) in [6.07, 6.45) is 4.81. The molecular weight excluding hydrogens is 327 g/mol. The third-order valence-electron chi connectivity index (χ3n) is 2.80. The largest absolute Gasteiger partial charge is 0.130 e. The van der Waals surface area contributed by atoms with Crippen LogP contribution in [-0.2, 0) is 0 Å². The van der Waals surface area contributed by atoms with Crippen molar-refractivity contribution in [2.24, 2.45) is 5.92 Å². The van der Waals surface area contributed by atoms with E-state index in [1.165, 1.54) is 24.1 Å². The fourth-order valence-corrected chi connectivity index (χ4v) is 4.07. The first kappa shape index (κ1) is 14.8. The Balaban J connectivity index is 2.70. The molecule has 1 heterocycles. The summed E-state index contributed by atoms with van der Waals surface area (Å²) in [6.45, 7) is 4.43. The lowest BCUT2D eigenvalue weighted by Crippen LogP contribution is -2.05. The first-order chi connectivity index (χ1) is 7.60. The molecule has 0 aliphatic heterocycles. The molecular formula is C12H17BrCl2S. The minimum absolute atomic E-state index is 0.102. The molecule has 0 aromatic carbocycles. The Hall–Kier alpha value is 0.760. The molecule has 1 rings (SSSR count). The highest BCUT2D eigenvalue weighted by Crippen LogP contribution is 2.42. The Labute approximate surface area is 120 Å². The van der Waals surface area contributed by atoms with Gasteiger partial charge in [-0.2, -0.15) is 0 Å². The summed E-state index contributed by atoms with van der Waals surface area (Å²) in [5, 5.41) is 0.876. The summed E-state index contributed by atoms with van der Waals surface area (Å²) in [6, 6.07) is 1.99. The maximum atomic E-state index is 6.52. The maximum Gasteiger partial charge on any atom is 0.0887 e. The van der Waals surface area contributed by atoms with Gasteiger partial charge in [0.1, 0.15) is 0 Å². The van der Waals surface area contributed by atoms with E-state index in [1.807, 2.05) is 6.07 Å². The van der Waals surface area contributed by atoms with Crippen LogP contribution in [0.5, 0.6) is 0 Å². The second kappa shape index (κ2) is 7.25. The standard InChI is InChI=1S/C12H17BrCl2S/c1-3-5-6-8(4-2)11(15)10-7-9(14)12(13)16-10/h7-8,11H,3-6H2,1-2H3. The van der Waals surface area contributed by atoms with Gasteiger partial charge in [0.25, 0.3) is 0 Å². The van der Waals surface area contributed by atoms with Crippen molar-refractivity contribution in [3.63, 3.8) is 0 Å². The number of hydrogen-bond donors (Lipinski definition) is 0. The number of rotatable bonds is 6. The fourth-order valence-electron chi connectivity index (χ4n) is 1.76. The lowest BCUT2D eigenvalue weighted by Gasteiger charge is -2.19. The zero-order valence-corrected chi connectivity index (χ0v) is 13.5. The number of hydrogen-bond acceptors (Lipinski definition) is 1. The Morgan fingerprint density at radius 2 is 2.12 bits per heavy atom. The minimum Gasteiger partial charge on any atom is -0.130 e. The van der Waals surface area contributed by atoms with Gasteiger partial charge in [0, 0.05) is 4.88 Å². The summed E-state index contributed by atoms with van der Waals surface area (Å²) < 4.78 is 0.986. The van der Waals surface area contributed by atoms with Crippen LogP contribution in [0.1, 0.15) is 49.8 Å². The van der Waals surface area contributed by atoms with Crippen molar-refractivity contribution in [1.29, 1.82) is 0 Å². The lowest BCUT2D eigenvalue weighted by atomic mass is 9.95. The average Bonchev–Trinajstić information content (AvgIpc) is 2.60. The zero-order chi connectivity index (χ0) is 12.1. The van der Waals surface area contributed by atoms with Gasteiger partial charge in [0.15, 0.2) is 0 Å². The van der Waals surface area contributed by atoms with E-state index in [9.17, 15) is 0 Å². The van der Waals surface area contributed by atoms with Crippen molar-refractivity contribution in [3.8, 4) is 0 Å². The Kier molecular flexibility index (Phi) is 6.72. The van der Waals surface area contributed by atoms with Crippen LogP contribution in [0.3, 0.4) is 0 Å². The molecule has 0 fully saturated rings. The van der Waals surface area contributed by atoms with Crippen LogP contribution in [0.4, 0.5) is 0 Å². The third-order valence-corrected chi connectivity index (χ3v) is 6.08. The van der Waals surface area contributed by atoms with Crippen molar-refractivity contribution >= 4 is 50.5 Å². The van der Waals surface area contributed by atoms with E-state index in [0.717, 1.165) is 15.2 Å². The number of thiophene rings is 1. The van der Waals surface area contributed by atoms with Crippen LogP contribution >= 0.6 is 50.5 Å². The van der Waals surface area contributed by atoms with Gasteiger partial charge in [0.05, 0.1) is 14.2 Å². The SMILES string of the molecule is CCCCC(CC)C(Cl)c1cc(Cl)c(Br)s1. The van der Waals surface area contributed by atoms with E-state index in [-0.39, 0.29) is 5.38 Å². The molecule has 2 unspecified atom stereocenters. The molecule has 0 saturated heterocycles. The predicted octanol–water partition coefficient (Wildman–Crippen LogP) is 6.66. The highest BCUT2D eigenvalue weighted by atomic mass is 79.9. The molecule has 0 nitrogen and oxygen atoms in total. The lowest BCUT2D eigenvalue weighted by molar-refractivity contribution is 0.440. The molecule has 1 aromatic rings. The molecule has 0 saturated carbocycles. The fraction of sp³-hybridized carbons (Fsp3) is 0.667. The molecule has 4 heteroatoms. The molecule has 0 bridgehead atoms. The normalized spacial score (nSPS) is 15.1. The summed E-state index contributed by atoms with van der Waals surface area (Å²) >= 11 is 17.6. The van der Waals surface area contributed by atoms with E-state index in [2.05, 4.69) is 29.8 Å². The summed E-state index contributed by atoms with van der Waals surface area (Å²) in [5.41, 5.74) is 0. The highest BCUT2D eigenvalue weighted by Gasteiger charge is 2.21. The van der Waals surface area contributed by atoms with Gasteiger partial charge in [-0.05, 0) is 34.3 Å². The smallest absolute Gasteiger partial charge is 0.0887 e. The summed E-state index contributed by atoms with van der Waals surface area (Å²) in [4.78, 5) is 1.18. The van der Waals surface area contributed by atoms with Crippen molar-refractivity contribution in [1.82, 2.24) is 0 Å². The molecule has 0 amide bonds. The average molecular weight is 344 g/mol. The van der Waals surface area contributed by atoms with Gasteiger partial charge in [-0.15, -0.1) is 22.9 Å². The second-order valence-electron chi connectivity index (χ2n) is 3.98. The highest BCUT2D eigenvalue weighted by molar-refractivity contribution is 9.11. The van der Waals surface area contributed by atoms with E-state index in [0.29, 0.717) is 5.92 Å². The van der Waals surface area contributed by atoms with Crippen LogP contribution in [-0.4, -0.2) is 0 Å².